The van der Waals surface area contributed by atoms with E-state index in [-0.39, 0.29) is 12.6 Å². The first-order valence-corrected chi connectivity index (χ1v) is 3.54. The second-order valence-corrected chi connectivity index (χ2v) is 2.36. The van der Waals surface area contributed by atoms with Crippen LogP contribution in [0.25, 0.3) is 0 Å². The minimum Gasteiger partial charge on any atom is -0.496 e. The molecule has 1 atom stereocenters. The highest BCUT2D eigenvalue weighted by Gasteiger charge is 2.12. The quantitative estimate of drug-likeness (QED) is 0.584. The molecule has 1 heterocycles. The fraction of sp³-hybridized carbons (Fsp3) is 0.714. The summed E-state index contributed by atoms with van der Waals surface area (Å²) in [5.41, 5.74) is 5.64. The monoisotopic (exact) mass is 143 g/mol. The fourth-order valence-corrected chi connectivity index (χ4v) is 0.977. The van der Waals surface area contributed by atoms with Gasteiger partial charge in [-0.3, -0.25) is 0 Å². The highest BCUT2D eigenvalue weighted by Crippen LogP contribution is 2.13. The van der Waals surface area contributed by atoms with Crippen LogP contribution in [0.4, 0.5) is 0 Å². The number of hydrogen-bond acceptors (Lipinski definition) is 3. The lowest BCUT2D eigenvalue weighted by Gasteiger charge is -2.10. The van der Waals surface area contributed by atoms with Gasteiger partial charge in [-0.25, -0.2) is 0 Å². The average Bonchev–Trinajstić information content (AvgIpc) is 2.38. The smallest absolute Gasteiger partial charge is 0.109 e. The molecule has 0 saturated carbocycles. The van der Waals surface area contributed by atoms with Crippen molar-refractivity contribution in [2.24, 2.45) is 5.73 Å². The first kappa shape index (κ1) is 7.57. The summed E-state index contributed by atoms with van der Waals surface area (Å²) in [6, 6.07) is -0.104. The maximum Gasteiger partial charge on any atom is 0.109 e. The van der Waals surface area contributed by atoms with E-state index in [2.05, 4.69) is 0 Å². The molecule has 0 saturated heterocycles. The van der Waals surface area contributed by atoms with Gasteiger partial charge < -0.3 is 15.6 Å². The van der Waals surface area contributed by atoms with E-state index in [0.717, 1.165) is 18.8 Å². The molecule has 10 heavy (non-hydrogen) atoms. The van der Waals surface area contributed by atoms with Gasteiger partial charge in [0.05, 0.1) is 12.6 Å². The average molecular weight is 143 g/mol. The Morgan fingerprint density at radius 1 is 1.80 bits per heavy atom. The van der Waals surface area contributed by atoms with E-state index in [1.807, 2.05) is 6.08 Å². The van der Waals surface area contributed by atoms with E-state index < -0.39 is 0 Å². The van der Waals surface area contributed by atoms with Crippen molar-refractivity contribution >= 4 is 0 Å². The van der Waals surface area contributed by atoms with Crippen molar-refractivity contribution in [1.82, 2.24) is 0 Å². The van der Waals surface area contributed by atoms with Gasteiger partial charge in [-0.05, 0) is 12.5 Å². The lowest BCUT2D eigenvalue weighted by atomic mass is 10.2. The molecule has 0 aromatic heterocycles. The Morgan fingerprint density at radius 2 is 2.60 bits per heavy atom. The lowest BCUT2D eigenvalue weighted by Crippen LogP contribution is -2.24. The minimum atomic E-state index is -0.104. The summed E-state index contributed by atoms with van der Waals surface area (Å²) < 4.78 is 5.19. The lowest BCUT2D eigenvalue weighted by molar-refractivity contribution is 0.207. The molecular formula is C7H13NO2. The molecule has 0 radical (unpaired) electrons. The van der Waals surface area contributed by atoms with Crippen LogP contribution in [0.15, 0.2) is 11.8 Å². The van der Waals surface area contributed by atoms with Gasteiger partial charge in [-0.1, -0.05) is 0 Å². The number of ether oxygens (including phenoxy) is 1. The molecule has 0 aromatic carbocycles. The van der Waals surface area contributed by atoms with Gasteiger partial charge in [0.25, 0.3) is 0 Å². The van der Waals surface area contributed by atoms with Crippen molar-refractivity contribution in [3.8, 4) is 0 Å². The summed E-state index contributed by atoms with van der Waals surface area (Å²) in [7, 11) is 0. The third-order valence-corrected chi connectivity index (χ3v) is 1.54. The number of rotatable bonds is 3. The largest absolute Gasteiger partial charge is 0.496 e. The zero-order valence-electron chi connectivity index (χ0n) is 5.92. The zero-order chi connectivity index (χ0) is 7.40. The van der Waals surface area contributed by atoms with Gasteiger partial charge in [0.15, 0.2) is 0 Å². The first-order valence-electron chi connectivity index (χ1n) is 3.54. The van der Waals surface area contributed by atoms with Crippen molar-refractivity contribution in [2.75, 3.05) is 13.2 Å². The molecule has 0 amide bonds. The van der Waals surface area contributed by atoms with E-state index in [1.165, 1.54) is 0 Å². The van der Waals surface area contributed by atoms with E-state index in [9.17, 15) is 0 Å². The summed E-state index contributed by atoms with van der Waals surface area (Å²) in [6.45, 7) is 0.871. The van der Waals surface area contributed by atoms with Crippen LogP contribution in [0, 0.1) is 0 Å². The van der Waals surface area contributed by atoms with Gasteiger partial charge >= 0.3 is 0 Å². The Morgan fingerprint density at radius 3 is 3.10 bits per heavy atom. The molecule has 3 heteroatoms. The van der Waals surface area contributed by atoms with Gasteiger partial charge in [-0.15, -0.1) is 0 Å². The second-order valence-electron chi connectivity index (χ2n) is 2.36. The molecule has 0 fully saturated rings. The number of nitrogens with two attached hydrogens (primary N) is 1. The molecule has 1 aliphatic heterocycles. The van der Waals surface area contributed by atoms with Crippen LogP contribution in [0.1, 0.15) is 12.8 Å². The van der Waals surface area contributed by atoms with Crippen molar-refractivity contribution in [2.45, 2.75) is 18.9 Å². The van der Waals surface area contributed by atoms with Crippen LogP contribution >= 0.6 is 0 Å². The third kappa shape index (κ3) is 1.72. The molecule has 0 bridgehead atoms. The summed E-state index contributed by atoms with van der Waals surface area (Å²) in [4.78, 5) is 0. The van der Waals surface area contributed by atoms with Crippen molar-refractivity contribution in [3.05, 3.63) is 11.8 Å². The molecule has 58 valence electrons. The maximum atomic E-state index is 8.53. The third-order valence-electron chi connectivity index (χ3n) is 1.54. The second kappa shape index (κ2) is 3.58. The van der Waals surface area contributed by atoms with Crippen LogP contribution in [0.5, 0.6) is 0 Å². The van der Waals surface area contributed by atoms with Crippen molar-refractivity contribution in [3.63, 3.8) is 0 Å². The summed E-state index contributed by atoms with van der Waals surface area (Å²) in [5.74, 6) is 0.842. The SMILES string of the molecule is NC(CCO)C1=CCCO1. The molecule has 1 unspecified atom stereocenters. The topological polar surface area (TPSA) is 55.5 Å². The van der Waals surface area contributed by atoms with Crippen LogP contribution in [0.3, 0.4) is 0 Å². The highest BCUT2D eigenvalue weighted by molar-refractivity contribution is 5.05. The summed E-state index contributed by atoms with van der Waals surface area (Å²) in [6.07, 6.45) is 3.53. The highest BCUT2D eigenvalue weighted by atomic mass is 16.5. The Balaban J connectivity index is 2.32. The number of aliphatic hydroxyl groups is 1. The Labute approximate surface area is 60.5 Å². The summed E-state index contributed by atoms with van der Waals surface area (Å²) in [5, 5.41) is 8.53. The van der Waals surface area contributed by atoms with Gasteiger partial charge in [-0.2, -0.15) is 0 Å². The van der Waals surface area contributed by atoms with Gasteiger partial charge in [0.1, 0.15) is 5.76 Å². The van der Waals surface area contributed by atoms with Gasteiger partial charge in [0, 0.05) is 13.0 Å². The Hall–Kier alpha value is -0.540. The fourth-order valence-electron chi connectivity index (χ4n) is 0.977. The van der Waals surface area contributed by atoms with Crippen LogP contribution < -0.4 is 5.73 Å². The molecule has 1 rings (SSSR count). The van der Waals surface area contributed by atoms with Crippen molar-refractivity contribution < 1.29 is 9.84 Å². The number of aliphatic hydroxyl groups excluding tert-OH is 1. The first-order chi connectivity index (χ1) is 4.84. The van der Waals surface area contributed by atoms with E-state index in [0.29, 0.717) is 6.42 Å². The molecule has 0 aromatic rings. The Bertz CT molecular complexity index is 134. The molecule has 1 aliphatic rings. The molecule has 3 nitrogen and oxygen atoms in total. The van der Waals surface area contributed by atoms with Crippen molar-refractivity contribution in [1.29, 1.82) is 0 Å². The normalized spacial score (nSPS) is 20.0. The van der Waals surface area contributed by atoms with E-state index in [4.69, 9.17) is 15.6 Å². The maximum absolute atomic E-state index is 8.53. The Kier molecular flexibility index (Phi) is 2.71. The standard InChI is InChI=1S/C7H13NO2/c8-6(3-4-9)7-2-1-5-10-7/h2,6,9H,1,3-5,8H2. The molecule has 0 aliphatic carbocycles. The van der Waals surface area contributed by atoms with E-state index in [1.54, 1.807) is 0 Å². The summed E-state index contributed by atoms with van der Waals surface area (Å²) >= 11 is 0. The predicted octanol–water partition coefficient (Wildman–Crippen LogP) is 0.000300. The molecule has 0 spiro atoms. The van der Waals surface area contributed by atoms with Crippen LogP contribution in [-0.2, 0) is 4.74 Å². The molecular weight excluding hydrogens is 130 g/mol. The predicted molar refractivity (Wildman–Crippen MR) is 38.3 cm³/mol. The zero-order valence-corrected chi connectivity index (χ0v) is 5.92. The van der Waals surface area contributed by atoms with Crippen LogP contribution in [0.2, 0.25) is 0 Å². The number of hydrogen-bond donors (Lipinski definition) is 2. The van der Waals surface area contributed by atoms with Crippen LogP contribution in [-0.4, -0.2) is 24.4 Å². The van der Waals surface area contributed by atoms with Gasteiger partial charge in [0.2, 0.25) is 0 Å². The minimum absolute atomic E-state index is 0.104. The molecule has 3 N–H and O–H groups in total. The van der Waals surface area contributed by atoms with E-state index >= 15 is 0 Å².